The van der Waals surface area contributed by atoms with E-state index < -0.39 is 6.47 Å². The van der Waals surface area contributed by atoms with Gasteiger partial charge in [0.25, 0.3) is 0 Å². The van der Waals surface area contributed by atoms with Gasteiger partial charge < -0.3 is 29.8 Å². The van der Waals surface area contributed by atoms with E-state index in [0.717, 1.165) is 25.7 Å². The molecule has 0 heterocycles. The summed E-state index contributed by atoms with van der Waals surface area (Å²) in [4.78, 5) is 32.8. The van der Waals surface area contributed by atoms with Gasteiger partial charge in [0.1, 0.15) is 0 Å². The first-order valence-electron chi connectivity index (χ1n) is 14.2. The highest BCUT2D eigenvalue weighted by molar-refractivity contribution is 5.76. The molecule has 0 spiro atoms. The number of aryl methyl sites for hydroxylation is 1. The molecular formula is C32H49N3O5. The van der Waals surface area contributed by atoms with Crippen LogP contribution in [0.1, 0.15) is 57.9 Å². The number of urea groups is 1. The fourth-order valence-electron chi connectivity index (χ4n) is 4.26. The highest BCUT2D eigenvalue weighted by atomic mass is 16.5. The average molecular weight is 556 g/mol. The minimum Gasteiger partial charge on any atom is -0.554 e. The van der Waals surface area contributed by atoms with Crippen molar-refractivity contribution < 1.29 is 28.7 Å². The summed E-state index contributed by atoms with van der Waals surface area (Å²) in [5, 5.41) is 14.2. The number of carbonyl (C=O) groups excluding carboxylic acids is 3. The summed E-state index contributed by atoms with van der Waals surface area (Å²) in [7, 11) is 6.14. The third-order valence-corrected chi connectivity index (χ3v) is 6.08. The molecule has 0 fully saturated rings. The Balaban J connectivity index is 0.00000254. The van der Waals surface area contributed by atoms with Crippen LogP contribution in [0.4, 0.5) is 4.79 Å². The summed E-state index contributed by atoms with van der Waals surface area (Å²) in [6, 6.07) is 18.9. The molecule has 0 aromatic heterocycles. The van der Waals surface area contributed by atoms with Crippen LogP contribution in [0, 0.1) is 5.92 Å². The normalized spacial score (nSPS) is 11.7. The number of esters is 1. The summed E-state index contributed by atoms with van der Waals surface area (Å²) >= 11 is 0. The van der Waals surface area contributed by atoms with Crippen molar-refractivity contribution in [2.24, 2.45) is 5.92 Å². The van der Waals surface area contributed by atoms with E-state index in [1.54, 1.807) is 0 Å². The lowest BCUT2D eigenvalue weighted by Gasteiger charge is -2.29. The molecule has 0 saturated carbocycles. The van der Waals surface area contributed by atoms with Crippen molar-refractivity contribution in [1.82, 2.24) is 10.6 Å². The maximum Gasteiger partial charge on any atom is 0.315 e. The Labute approximate surface area is 240 Å². The maximum absolute atomic E-state index is 12.4. The van der Waals surface area contributed by atoms with E-state index in [4.69, 9.17) is 14.6 Å². The van der Waals surface area contributed by atoms with Crippen molar-refractivity contribution in [1.29, 1.82) is 0 Å². The second-order valence-electron chi connectivity index (χ2n) is 11.5. The predicted octanol–water partition coefficient (Wildman–Crippen LogP) is 4.18. The molecule has 2 N–H and O–H groups in total. The largest absolute Gasteiger partial charge is 0.554 e. The van der Waals surface area contributed by atoms with Gasteiger partial charge in [0.15, 0.2) is 0 Å². The first-order valence-corrected chi connectivity index (χ1v) is 14.2. The summed E-state index contributed by atoms with van der Waals surface area (Å²) in [6.07, 6.45) is 6.87. The van der Waals surface area contributed by atoms with Crippen molar-refractivity contribution in [3.63, 3.8) is 0 Å². The van der Waals surface area contributed by atoms with Crippen LogP contribution in [0.3, 0.4) is 0 Å². The molecule has 0 saturated heterocycles. The standard InChI is InChI=1S/C31H47N3O3.CH2O2/c1-25(2)24-37-30(35)22-29(23-34(3,4)5)33-31(36)32-21-13-8-6-7-10-14-26-17-19-28(20-18-26)27-15-11-9-12-16-27;2-1-3/h9,11-12,15-20,25,29H,6-8,10,13-14,21-24H2,1-5H3,(H-,32,33,36);1H,(H,2,3)/t29-;/m1./s1. The number of carbonyl (C=O) groups is 3. The van der Waals surface area contributed by atoms with Gasteiger partial charge in [-0.15, -0.1) is 0 Å². The van der Waals surface area contributed by atoms with E-state index in [0.29, 0.717) is 30.1 Å². The molecule has 8 heteroatoms. The zero-order chi connectivity index (χ0) is 29.8. The van der Waals surface area contributed by atoms with Gasteiger partial charge in [0, 0.05) is 13.0 Å². The van der Waals surface area contributed by atoms with Crippen molar-refractivity contribution in [3.8, 4) is 11.1 Å². The van der Waals surface area contributed by atoms with Gasteiger partial charge in [-0.2, -0.15) is 0 Å². The fourth-order valence-corrected chi connectivity index (χ4v) is 4.26. The van der Waals surface area contributed by atoms with E-state index >= 15 is 0 Å². The first-order chi connectivity index (χ1) is 19.0. The minimum absolute atomic E-state index is 0.185. The van der Waals surface area contributed by atoms with E-state index in [2.05, 4.69) is 59.2 Å². The molecule has 222 valence electrons. The van der Waals surface area contributed by atoms with E-state index in [-0.39, 0.29) is 24.5 Å². The van der Waals surface area contributed by atoms with Crippen LogP contribution in [0.15, 0.2) is 54.6 Å². The van der Waals surface area contributed by atoms with E-state index in [1.165, 1.54) is 29.5 Å². The smallest absolute Gasteiger partial charge is 0.315 e. The van der Waals surface area contributed by atoms with E-state index in [1.807, 2.05) is 41.1 Å². The lowest BCUT2D eigenvalue weighted by atomic mass is 10.0. The molecule has 0 unspecified atom stereocenters. The van der Waals surface area contributed by atoms with Gasteiger partial charge in [-0.3, -0.25) is 4.79 Å². The Morgan fingerprint density at radius 2 is 1.48 bits per heavy atom. The highest BCUT2D eigenvalue weighted by Crippen LogP contribution is 2.20. The number of quaternary nitrogens is 1. The Morgan fingerprint density at radius 3 is 2.08 bits per heavy atom. The number of hydrogen-bond donors (Lipinski definition) is 2. The lowest BCUT2D eigenvalue weighted by molar-refractivity contribution is -0.871. The summed E-state index contributed by atoms with van der Waals surface area (Å²) in [5.74, 6) is 0.0307. The van der Waals surface area contributed by atoms with Gasteiger partial charge >= 0.3 is 12.0 Å². The van der Waals surface area contributed by atoms with Crippen LogP contribution >= 0.6 is 0 Å². The number of amides is 2. The number of rotatable bonds is 16. The van der Waals surface area contributed by atoms with Gasteiger partial charge in [0.05, 0.1) is 46.8 Å². The van der Waals surface area contributed by atoms with Crippen LogP contribution in [0.25, 0.3) is 11.1 Å². The Hall–Kier alpha value is -3.39. The average Bonchev–Trinajstić information content (AvgIpc) is 2.89. The Kier molecular flexibility index (Phi) is 17.0. The molecule has 1 atom stereocenters. The fraction of sp³-hybridized carbons (Fsp3) is 0.531. The number of ether oxygens (including phenoxy) is 1. The number of unbranched alkanes of at least 4 members (excludes halogenated alkanes) is 4. The third-order valence-electron chi connectivity index (χ3n) is 6.08. The van der Waals surface area contributed by atoms with Crippen molar-refractivity contribution >= 4 is 18.5 Å². The molecule has 2 amide bonds. The Bertz CT molecular complexity index is 972. The summed E-state index contributed by atoms with van der Waals surface area (Å²) < 4.78 is 5.96. The number of carboxylic acid groups (broad SMARTS) is 1. The number of likely N-dealkylation sites (N-methyl/N-ethyl adjacent to an activating group) is 1. The number of benzene rings is 2. The maximum atomic E-state index is 12.4. The number of hydrogen-bond acceptors (Lipinski definition) is 5. The lowest BCUT2D eigenvalue weighted by Crippen LogP contribution is -2.52. The number of nitrogens with one attached hydrogen (secondary N) is 2. The Morgan fingerprint density at radius 1 is 0.900 bits per heavy atom. The van der Waals surface area contributed by atoms with Crippen LogP contribution in [-0.4, -0.2) is 69.8 Å². The SMILES string of the molecule is CC(C)COC(=O)C[C@H](C[N+](C)(C)C)NC(=O)NCCCCCCCc1ccc(-c2ccccc2)cc1.O=C[O-]. The molecule has 2 aromatic carbocycles. The topological polar surface area (TPSA) is 108 Å². The number of nitrogens with zero attached hydrogens (tertiary/aromatic N) is 1. The molecule has 8 nitrogen and oxygen atoms in total. The van der Waals surface area contributed by atoms with Crippen molar-refractivity contribution in [3.05, 3.63) is 60.2 Å². The molecule has 2 aromatic rings. The zero-order valence-electron chi connectivity index (χ0n) is 25.0. The highest BCUT2D eigenvalue weighted by Gasteiger charge is 2.23. The van der Waals surface area contributed by atoms with Crippen LogP contribution in [0.5, 0.6) is 0 Å². The van der Waals surface area contributed by atoms with Gasteiger partial charge in [-0.05, 0) is 41.9 Å². The molecule has 40 heavy (non-hydrogen) atoms. The monoisotopic (exact) mass is 555 g/mol. The second kappa shape index (κ2) is 19.6. The zero-order valence-corrected chi connectivity index (χ0v) is 25.0. The van der Waals surface area contributed by atoms with Gasteiger partial charge in [-0.25, -0.2) is 4.79 Å². The molecule has 2 rings (SSSR count). The molecule has 0 radical (unpaired) electrons. The third kappa shape index (κ3) is 17.2. The summed E-state index contributed by atoms with van der Waals surface area (Å²) in [6.45, 7) is 5.21. The summed E-state index contributed by atoms with van der Waals surface area (Å²) in [5.41, 5.74) is 3.90. The van der Waals surface area contributed by atoms with Gasteiger partial charge in [0.2, 0.25) is 0 Å². The molecular weight excluding hydrogens is 506 g/mol. The molecule has 0 aliphatic heterocycles. The van der Waals surface area contributed by atoms with Crippen molar-refractivity contribution in [2.75, 3.05) is 40.8 Å². The van der Waals surface area contributed by atoms with E-state index in [9.17, 15) is 9.59 Å². The second-order valence-corrected chi connectivity index (χ2v) is 11.5. The first kappa shape index (κ1) is 34.6. The molecule has 0 aliphatic carbocycles. The minimum atomic E-state index is -0.500. The van der Waals surface area contributed by atoms with Crippen LogP contribution in [0.2, 0.25) is 0 Å². The van der Waals surface area contributed by atoms with Crippen LogP contribution < -0.4 is 15.7 Å². The van der Waals surface area contributed by atoms with Gasteiger partial charge in [-0.1, -0.05) is 87.7 Å². The quantitative estimate of drug-likeness (QED) is 0.140. The van der Waals surface area contributed by atoms with Crippen molar-refractivity contribution in [2.45, 2.75) is 64.8 Å². The van der Waals surface area contributed by atoms with Crippen LogP contribution in [-0.2, 0) is 20.7 Å². The predicted molar refractivity (Wildman–Crippen MR) is 158 cm³/mol. The molecule has 0 bridgehead atoms. The molecule has 0 aliphatic rings.